The summed E-state index contributed by atoms with van der Waals surface area (Å²) in [4.78, 5) is -0.955. The van der Waals surface area contributed by atoms with Crippen molar-refractivity contribution in [3.05, 3.63) is 0 Å². The van der Waals surface area contributed by atoms with E-state index in [0.29, 0.717) is 12.3 Å². The molecule has 1 unspecified atom stereocenters. The Bertz CT molecular complexity index is 120. The van der Waals surface area contributed by atoms with E-state index in [1.165, 1.54) is 0 Å². The quantitative estimate of drug-likeness (QED) is 0.621. The molecule has 52 valence electrons. The number of halogens is 3. The molecule has 1 atom stereocenters. The molecular weight excluding hydrogens is 180 g/mol. The summed E-state index contributed by atoms with van der Waals surface area (Å²) < 4.78 is 0. The number of nitrogens with zero attached hydrogens (tertiary/aromatic N) is 1. The molecule has 0 bridgehead atoms. The molecule has 0 rings (SSSR count). The van der Waals surface area contributed by atoms with Crippen molar-refractivity contribution in [2.75, 3.05) is 11.8 Å². The van der Waals surface area contributed by atoms with E-state index in [4.69, 9.17) is 40.1 Å². The number of hydrogen-bond acceptors (Lipinski definition) is 1. The first-order valence-electron chi connectivity index (χ1n) is 2.40. The summed E-state index contributed by atoms with van der Waals surface area (Å²) in [5, 5.41) is 8.39. The number of hydrogen-bond donors (Lipinski definition) is 0. The van der Waals surface area contributed by atoms with Gasteiger partial charge in [0.2, 0.25) is 0 Å². The second kappa shape index (κ2) is 4.22. The third-order valence-electron chi connectivity index (χ3n) is 0.903. The minimum absolute atomic E-state index is 0.123. The van der Waals surface area contributed by atoms with Crippen LogP contribution in [0.5, 0.6) is 0 Å². The van der Waals surface area contributed by atoms with E-state index in [1.54, 1.807) is 0 Å². The van der Waals surface area contributed by atoms with Crippen LogP contribution in [-0.2, 0) is 0 Å². The average molecular weight is 186 g/mol. The summed E-state index contributed by atoms with van der Waals surface area (Å²) in [6.07, 6.45) is 0.427. The Morgan fingerprint density at radius 2 is 2.00 bits per heavy atom. The number of rotatable bonds is 3. The van der Waals surface area contributed by atoms with Gasteiger partial charge in [0.1, 0.15) is 4.87 Å². The first-order valence-corrected chi connectivity index (χ1v) is 3.85. The summed E-state index contributed by atoms with van der Waals surface area (Å²) in [7, 11) is 0. The van der Waals surface area contributed by atoms with Gasteiger partial charge < -0.3 is 0 Å². The van der Waals surface area contributed by atoms with Gasteiger partial charge in [0.15, 0.2) is 0 Å². The fourth-order valence-electron chi connectivity index (χ4n) is 0.302. The van der Waals surface area contributed by atoms with Crippen molar-refractivity contribution in [1.29, 1.82) is 5.26 Å². The van der Waals surface area contributed by atoms with Crippen LogP contribution in [-0.4, -0.2) is 16.6 Å². The predicted octanol–water partition coefficient (Wildman–Crippen LogP) is 2.36. The second-order valence-corrected chi connectivity index (χ2v) is 3.02. The van der Waals surface area contributed by atoms with Crippen molar-refractivity contribution >= 4 is 34.8 Å². The van der Waals surface area contributed by atoms with Gasteiger partial charge in [0.05, 0.1) is 11.9 Å². The monoisotopic (exact) mass is 185 g/mol. The molecule has 0 aromatic rings. The molecule has 0 amide bonds. The van der Waals surface area contributed by atoms with Gasteiger partial charge in [-0.05, 0) is 6.42 Å². The maximum absolute atomic E-state index is 8.39. The SMILES string of the molecule is N#CC(Cl)(CCl)CCCl. The lowest BCUT2D eigenvalue weighted by molar-refractivity contribution is 0.767. The zero-order valence-corrected chi connectivity index (χ0v) is 6.97. The zero-order valence-electron chi connectivity index (χ0n) is 4.70. The predicted molar refractivity (Wildman–Crippen MR) is 40.3 cm³/mol. The zero-order chi connectivity index (χ0) is 7.33. The third-order valence-corrected chi connectivity index (χ3v) is 2.09. The summed E-state index contributed by atoms with van der Waals surface area (Å²) in [6.45, 7) is 0. The van der Waals surface area contributed by atoms with E-state index in [1.807, 2.05) is 6.07 Å². The van der Waals surface area contributed by atoms with Crippen LogP contribution in [0.15, 0.2) is 0 Å². The number of nitriles is 1. The lowest BCUT2D eigenvalue weighted by Gasteiger charge is -2.11. The van der Waals surface area contributed by atoms with Gasteiger partial charge in [0, 0.05) is 5.88 Å². The largest absolute Gasteiger partial charge is 0.196 e. The Morgan fingerprint density at radius 3 is 2.11 bits per heavy atom. The minimum Gasteiger partial charge on any atom is -0.196 e. The van der Waals surface area contributed by atoms with Gasteiger partial charge >= 0.3 is 0 Å². The fourth-order valence-corrected chi connectivity index (χ4v) is 1.01. The summed E-state index contributed by atoms with van der Waals surface area (Å²) in [5.74, 6) is 0.488. The average Bonchev–Trinajstić information content (AvgIpc) is 1.89. The summed E-state index contributed by atoms with van der Waals surface area (Å²) >= 11 is 16.4. The maximum atomic E-state index is 8.39. The van der Waals surface area contributed by atoms with E-state index in [0.717, 1.165) is 0 Å². The minimum atomic E-state index is -0.955. The Kier molecular flexibility index (Phi) is 4.39. The molecule has 9 heavy (non-hydrogen) atoms. The van der Waals surface area contributed by atoms with Gasteiger partial charge in [-0.1, -0.05) is 0 Å². The lowest BCUT2D eigenvalue weighted by atomic mass is 10.1. The highest BCUT2D eigenvalue weighted by atomic mass is 35.5. The Morgan fingerprint density at radius 1 is 1.44 bits per heavy atom. The van der Waals surface area contributed by atoms with Crippen molar-refractivity contribution < 1.29 is 0 Å². The van der Waals surface area contributed by atoms with Gasteiger partial charge in [-0.3, -0.25) is 0 Å². The Hall–Kier alpha value is 0.360. The molecule has 0 heterocycles. The van der Waals surface area contributed by atoms with Crippen molar-refractivity contribution in [1.82, 2.24) is 0 Å². The van der Waals surface area contributed by atoms with Crippen molar-refractivity contribution in [2.45, 2.75) is 11.3 Å². The van der Waals surface area contributed by atoms with Crippen LogP contribution < -0.4 is 0 Å². The van der Waals surface area contributed by atoms with E-state index < -0.39 is 4.87 Å². The molecule has 4 heteroatoms. The normalized spacial score (nSPS) is 16.2. The third kappa shape index (κ3) is 3.15. The van der Waals surface area contributed by atoms with E-state index >= 15 is 0 Å². The molecule has 0 aliphatic rings. The first-order chi connectivity index (χ1) is 4.18. The van der Waals surface area contributed by atoms with Gasteiger partial charge in [-0.25, -0.2) is 0 Å². The van der Waals surface area contributed by atoms with Crippen LogP contribution in [0, 0.1) is 11.3 Å². The Labute approximate surface area is 69.5 Å². The smallest absolute Gasteiger partial charge is 0.145 e. The number of alkyl halides is 3. The topological polar surface area (TPSA) is 23.8 Å². The van der Waals surface area contributed by atoms with Crippen LogP contribution >= 0.6 is 34.8 Å². The molecule has 0 N–H and O–H groups in total. The molecule has 0 saturated carbocycles. The van der Waals surface area contributed by atoms with Crippen molar-refractivity contribution in [3.63, 3.8) is 0 Å². The van der Waals surface area contributed by atoms with Crippen molar-refractivity contribution in [2.24, 2.45) is 0 Å². The first kappa shape index (κ1) is 9.36. The van der Waals surface area contributed by atoms with Crippen LogP contribution in [0.25, 0.3) is 0 Å². The molecule has 0 saturated heterocycles. The molecule has 0 aromatic carbocycles. The van der Waals surface area contributed by atoms with Crippen LogP contribution in [0.2, 0.25) is 0 Å². The van der Waals surface area contributed by atoms with Gasteiger partial charge in [0.25, 0.3) is 0 Å². The lowest BCUT2D eigenvalue weighted by Crippen LogP contribution is -2.21. The molecular formula is C5H6Cl3N. The van der Waals surface area contributed by atoms with E-state index in [2.05, 4.69) is 0 Å². The van der Waals surface area contributed by atoms with E-state index in [9.17, 15) is 0 Å². The van der Waals surface area contributed by atoms with Gasteiger partial charge in [-0.15, -0.1) is 34.8 Å². The molecule has 0 spiro atoms. The second-order valence-electron chi connectivity index (χ2n) is 1.65. The standard InChI is InChI=1S/C5H6Cl3N/c6-2-1-5(8,3-7)4-9/h1-3H2. The summed E-state index contributed by atoms with van der Waals surface area (Å²) in [6, 6.07) is 1.88. The van der Waals surface area contributed by atoms with Crippen molar-refractivity contribution in [3.8, 4) is 6.07 Å². The molecule has 1 nitrogen and oxygen atoms in total. The van der Waals surface area contributed by atoms with Crippen LogP contribution in [0.4, 0.5) is 0 Å². The van der Waals surface area contributed by atoms with Crippen LogP contribution in [0.3, 0.4) is 0 Å². The molecule has 0 radical (unpaired) electrons. The van der Waals surface area contributed by atoms with Gasteiger partial charge in [-0.2, -0.15) is 5.26 Å². The molecule has 0 aliphatic carbocycles. The highest BCUT2D eigenvalue weighted by Crippen LogP contribution is 2.20. The fraction of sp³-hybridized carbons (Fsp3) is 0.800. The molecule has 0 aliphatic heterocycles. The van der Waals surface area contributed by atoms with Crippen LogP contribution in [0.1, 0.15) is 6.42 Å². The summed E-state index contributed by atoms with van der Waals surface area (Å²) in [5.41, 5.74) is 0. The Balaban J connectivity index is 3.81. The highest BCUT2D eigenvalue weighted by molar-refractivity contribution is 6.32. The maximum Gasteiger partial charge on any atom is 0.145 e. The highest BCUT2D eigenvalue weighted by Gasteiger charge is 2.24. The van der Waals surface area contributed by atoms with E-state index in [-0.39, 0.29) is 5.88 Å². The molecule has 0 aromatic heterocycles. The molecule has 0 fully saturated rings.